The van der Waals surface area contributed by atoms with Gasteiger partial charge in [-0.05, 0) is 39.2 Å². The minimum atomic E-state index is -0.743. The summed E-state index contributed by atoms with van der Waals surface area (Å²) < 4.78 is 12.8. The quantitative estimate of drug-likeness (QED) is 0.388. The molecule has 0 spiro atoms. The van der Waals surface area contributed by atoms with Gasteiger partial charge in [0.15, 0.2) is 6.61 Å². The molecule has 0 unspecified atom stereocenters. The van der Waals surface area contributed by atoms with E-state index in [1.165, 1.54) is 0 Å². The third-order valence-corrected chi connectivity index (χ3v) is 5.14. The summed E-state index contributed by atoms with van der Waals surface area (Å²) in [5.41, 5.74) is 2.33. The molecule has 1 aromatic rings. The summed E-state index contributed by atoms with van der Waals surface area (Å²) >= 11 is 0. The van der Waals surface area contributed by atoms with Crippen LogP contribution in [0, 0.1) is 13.8 Å². The average molecular weight is 391 g/mol. The van der Waals surface area contributed by atoms with Crippen LogP contribution in [0.2, 0.25) is 0 Å². The van der Waals surface area contributed by atoms with Crippen molar-refractivity contribution in [3.05, 3.63) is 23.0 Å². The zero-order valence-electron chi connectivity index (χ0n) is 16.1. The van der Waals surface area contributed by atoms with E-state index in [0.29, 0.717) is 12.1 Å². The Hall–Kier alpha value is -2.68. The van der Waals surface area contributed by atoms with Crippen molar-refractivity contribution in [1.29, 1.82) is 0 Å². The van der Waals surface area contributed by atoms with Gasteiger partial charge < -0.3 is 19.4 Å². The number of nitrogens with one attached hydrogen (secondary N) is 2. The molecule has 2 N–H and O–H groups in total. The predicted octanol–water partition coefficient (Wildman–Crippen LogP) is 0.998. The third-order valence-electron chi connectivity index (χ3n) is 5.14. The highest BCUT2D eigenvalue weighted by Crippen LogP contribution is 2.20. The summed E-state index contributed by atoms with van der Waals surface area (Å²) in [4.78, 5) is 46.8. The maximum Gasteiger partial charge on any atom is 0.322 e. The molecular weight excluding hydrogens is 366 g/mol. The highest BCUT2D eigenvalue weighted by Gasteiger charge is 2.30. The van der Waals surface area contributed by atoms with Crippen molar-refractivity contribution in [3.8, 4) is 0 Å². The molecule has 0 aromatic carbocycles. The van der Waals surface area contributed by atoms with Crippen molar-refractivity contribution >= 4 is 23.7 Å². The number of aromatic nitrogens is 1. The molecular formula is C19H25N3O6. The van der Waals surface area contributed by atoms with E-state index in [4.69, 9.17) is 9.47 Å². The summed E-state index contributed by atoms with van der Waals surface area (Å²) in [6.45, 7) is 4.94. The molecule has 0 saturated carbocycles. The minimum absolute atomic E-state index is 0.0658. The normalized spacial score (nSPS) is 21.5. The predicted molar refractivity (Wildman–Crippen MR) is 97.9 cm³/mol. The molecule has 0 radical (unpaired) electrons. The van der Waals surface area contributed by atoms with Gasteiger partial charge in [0.25, 0.3) is 5.91 Å². The van der Waals surface area contributed by atoms with Gasteiger partial charge in [-0.15, -0.1) is 0 Å². The lowest BCUT2D eigenvalue weighted by atomic mass is 10.1. The fourth-order valence-corrected chi connectivity index (χ4v) is 3.58. The van der Waals surface area contributed by atoms with Gasteiger partial charge in [-0.3, -0.25) is 19.7 Å². The molecule has 9 heteroatoms. The molecule has 2 aliphatic rings. The number of urea groups is 1. The van der Waals surface area contributed by atoms with Crippen LogP contribution in [0.3, 0.4) is 0 Å². The van der Waals surface area contributed by atoms with Gasteiger partial charge in [-0.25, -0.2) is 4.79 Å². The van der Waals surface area contributed by atoms with Gasteiger partial charge in [0.2, 0.25) is 5.78 Å². The van der Waals surface area contributed by atoms with Crippen molar-refractivity contribution in [2.45, 2.75) is 58.2 Å². The van der Waals surface area contributed by atoms with Crippen LogP contribution in [-0.4, -0.2) is 53.6 Å². The van der Waals surface area contributed by atoms with Crippen LogP contribution in [0.25, 0.3) is 0 Å². The lowest BCUT2D eigenvalue weighted by molar-refractivity contribution is -0.142. The summed E-state index contributed by atoms with van der Waals surface area (Å²) in [6, 6.07) is 0.489. The summed E-state index contributed by atoms with van der Waals surface area (Å²) in [5, 5.41) is 4.50. The molecule has 3 amide bonds. The monoisotopic (exact) mass is 391 g/mol. The highest BCUT2D eigenvalue weighted by atomic mass is 16.5. The average Bonchev–Trinajstić information content (AvgIpc) is 3.34. The first-order valence-corrected chi connectivity index (χ1v) is 9.43. The number of hydrogen-bond donors (Lipinski definition) is 2. The van der Waals surface area contributed by atoms with E-state index in [2.05, 4.69) is 15.2 Å². The number of amides is 3. The fraction of sp³-hybridized carbons (Fsp3) is 0.579. The highest BCUT2D eigenvalue weighted by molar-refractivity contribution is 6.04. The van der Waals surface area contributed by atoms with Gasteiger partial charge in [-0.1, -0.05) is 0 Å². The maximum atomic E-state index is 12.5. The van der Waals surface area contributed by atoms with Gasteiger partial charge >= 0.3 is 12.0 Å². The van der Waals surface area contributed by atoms with Gasteiger partial charge in [0, 0.05) is 36.5 Å². The van der Waals surface area contributed by atoms with E-state index in [9.17, 15) is 19.2 Å². The zero-order chi connectivity index (χ0) is 20.3. The van der Waals surface area contributed by atoms with Crippen molar-refractivity contribution in [2.24, 2.45) is 0 Å². The molecule has 9 nitrogen and oxygen atoms in total. The second kappa shape index (κ2) is 8.55. The number of ketones is 1. The van der Waals surface area contributed by atoms with E-state index >= 15 is 0 Å². The standard InChI is InChI=1S/C19H25N3O6/c1-11-8-14(12(2)22(11)9-13-4-3-7-27-13)16(23)10-28-17(24)6-5-15-18(25)21-19(26)20-15/h8,13,15H,3-7,9-10H2,1-2H3,(H2,20,21,25,26)/t13-,15+/m0/s1. The lowest BCUT2D eigenvalue weighted by Crippen LogP contribution is -2.29. The Morgan fingerprint density at radius 1 is 1.32 bits per heavy atom. The van der Waals surface area contributed by atoms with Crippen LogP contribution in [0.1, 0.15) is 47.4 Å². The van der Waals surface area contributed by atoms with Gasteiger partial charge in [0.05, 0.1) is 6.10 Å². The fourth-order valence-electron chi connectivity index (χ4n) is 3.58. The molecule has 2 saturated heterocycles. The SMILES string of the molecule is Cc1cc(C(=O)COC(=O)CC[C@H]2NC(=O)NC2=O)c(C)n1C[C@@H]1CCCO1. The number of Topliss-reactive ketones (excluding diaryl/α,β-unsaturated/α-hetero) is 1. The van der Waals surface area contributed by atoms with Crippen LogP contribution in [0.4, 0.5) is 4.79 Å². The zero-order valence-corrected chi connectivity index (χ0v) is 16.1. The van der Waals surface area contributed by atoms with Crippen molar-refractivity contribution < 1.29 is 28.7 Å². The molecule has 0 bridgehead atoms. The molecule has 2 fully saturated rings. The van der Waals surface area contributed by atoms with E-state index in [-0.39, 0.29) is 31.3 Å². The van der Waals surface area contributed by atoms with Crippen LogP contribution in [-0.2, 0) is 25.6 Å². The number of ether oxygens (including phenoxy) is 2. The molecule has 0 aliphatic carbocycles. The summed E-state index contributed by atoms with van der Waals surface area (Å²) in [5.74, 6) is -1.32. The Labute approximate surface area is 162 Å². The topological polar surface area (TPSA) is 116 Å². The van der Waals surface area contributed by atoms with Gasteiger partial charge in [0.1, 0.15) is 6.04 Å². The second-order valence-electron chi connectivity index (χ2n) is 7.17. The maximum absolute atomic E-state index is 12.5. The molecule has 3 heterocycles. The first-order chi connectivity index (χ1) is 13.3. The molecule has 2 aliphatic heterocycles. The Morgan fingerprint density at radius 3 is 2.75 bits per heavy atom. The number of rotatable bonds is 8. The minimum Gasteiger partial charge on any atom is -0.457 e. The van der Waals surface area contributed by atoms with Gasteiger partial charge in [-0.2, -0.15) is 0 Å². The first kappa shape index (κ1) is 20.1. The van der Waals surface area contributed by atoms with Crippen LogP contribution < -0.4 is 10.6 Å². The molecule has 28 heavy (non-hydrogen) atoms. The van der Waals surface area contributed by atoms with E-state index < -0.39 is 23.9 Å². The number of aryl methyl sites for hydroxylation is 1. The first-order valence-electron chi connectivity index (χ1n) is 9.43. The lowest BCUT2D eigenvalue weighted by Gasteiger charge is -2.14. The van der Waals surface area contributed by atoms with Crippen molar-refractivity contribution in [2.75, 3.05) is 13.2 Å². The second-order valence-corrected chi connectivity index (χ2v) is 7.17. The van der Waals surface area contributed by atoms with Crippen LogP contribution in [0.15, 0.2) is 6.07 Å². The Kier molecular flexibility index (Phi) is 6.13. The smallest absolute Gasteiger partial charge is 0.322 e. The van der Waals surface area contributed by atoms with E-state index in [0.717, 1.165) is 30.8 Å². The summed E-state index contributed by atoms with van der Waals surface area (Å²) in [6.07, 6.45) is 2.29. The summed E-state index contributed by atoms with van der Waals surface area (Å²) in [7, 11) is 0. The molecule has 2 atom stereocenters. The number of hydrogen-bond acceptors (Lipinski definition) is 6. The Bertz CT molecular complexity index is 794. The number of nitrogens with zero attached hydrogens (tertiary/aromatic N) is 1. The third kappa shape index (κ3) is 4.59. The molecule has 152 valence electrons. The van der Waals surface area contributed by atoms with E-state index in [1.54, 1.807) is 6.07 Å². The largest absolute Gasteiger partial charge is 0.457 e. The Balaban J connectivity index is 1.49. The molecule has 3 rings (SSSR count). The number of imide groups is 1. The van der Waals surface area contributed by atoms with Crippen LogP contribution >= 0.6 is 0 Å². The number of esters is 1. The molecule has 1 aromatic heterocycles. The Morgan fingerprint density at radius 2 is 2.11 bits per heavy atom. The van der Waals surface area contributed by atoms with Crippen molar-refractivity contribution in [3.63, 3.8) is 0 Å². The number of carbonyl (C=O) groups excluding carboxylic acids is 4. The van der Waals surface area contributed by atoms with Crippen LogP contribution in [0.5, 0.6) is 0 Å². The van der Waals surface area contributed by atoms with E-state index in [1.807, 2.05) is 13.8 Å². The number of carbonyl (C=O) groups is 4. The van der Waals surface area contributed by atoms with Crippen molar-refractivity contribution in [1.82, 2.24) is 15.2 Å².